The molecule has 0 bridgehead atoms. The quantitative estimate of drug-likeness (QED) is 0.489. The average Bonchev–Trinajstić information content (AvgIpc) is 2.22. The van der Waals surface area contributed by atoms with Gasteiger partial charge in [-0.1, -0.05) is 20.8 Å². The van der Waals surface area contributed by atoms with Gasteiger partial charge in [-0.3, -0.25) is 4.79 Å². The largest absolute Gasteiger partial charge is 0.413 e. The molecular formula is C14H25NO3Si. The van der Waals surface area contributed by atoms with Gasteiger partial charge in [0.15, 0.2) is 8.32 Å². The molecular weight excluding hydrogens is 258 g/mol. The lowest BCUT2D eigenvalue weighted by Gasteiger charge is -2.45. The zero-order valence-electron chi connectivity index (χ0n) is 13.0. The first-order valence-corrected chi connectivity index (χ1v) is 9.62. The van der Waals surface area contributed by atoms with Crippen LogP contribution in [0.15, 0.2) is 5.57 Å². The molecule has 1 aliphatic heterocycles. The first kappa shape index (κ1) is 16.2. The molecule has 1 N–H and O–H groups in total. The molecule has 1 saturated heterocycles. The van der Waals surface area contributed by atoms with Crippen LogP contribution in [0.4, 0.5) is 0 Å². The van der Waals surface area contributed by atoms with Gasteiger partial charge in [-0.15, -0.1) is 0 Å². The second kappa shape index (κ2) is 5.23. The molecule has 1 rings (SSSR count). The SMILES string of the molecule is CC(=C=O)[C@H]1NC(=O)[C@@H]1[C@@H](C)O[Si](C)(C)C(C)(C)C. The molecule has 108 valence electrons. The number of carbonyl (C=O) groups excluding carboxylic acids is 2. The Hall–Kier alpha value is -0.903. The average molecular weight is 283 g/mol. The number of hydrogen-bond donors (Lipinski definition) is 1. The monoisotopic (exact) mass is 283 g/mol. The second-order valence-corrected chi connectivity index (χ2v) is 11.6. The summed E-state index contributed by atoms with van der Waals surface area (Å²) in [6.07, 6.45) is -0.178. The van der Waals surface area contributed by atoms with Gasteiger partial charge in [-0.05, 0) is 32.0 Å². The third kappa shape index (κ3) is 3.16. The molecule has 1 amide bonds. The zero-order valence-corrected chi connectivity index (χ0v) is 14.0. The Balaban J connectivity index is 2.81. The fourth-order valence-electron chi connectivity index (χ4n) is 2.03. The van der Waals surface area contributed by atoms with Crippen molar-refractivity contribution in [3.63, 3.8) is 0 Å². The van der Waals surface area contributed by atoms with Crippen LogP contribution in [0.3, 0.4) is 0 Å². The molecule has 1 aliphatic rings. The van der Waals surface area contributed by atoms with Crippen LogP contribution in [-0.4, -0.2) is 32.3 Å². The fraction of sp³-hybridized carbons (Fsp3) is 0.786. The summed E-state index contributed by atoms with van der Waals surface area (Å²) in [5.41, 5.74) is 0.537. The predicted octanol–water partition coefficient (Wildman–Crippen LogP) is 2.29. The first-order chi connectivity index (χ1) is 8.51. The smallest absolute Gasteiger partial charge is 0.228 e. The Morgan fingerprint density at radius 1 is 1.42 bits per heavy atom. The van der Waals surface area contributed by atoms with Crippen LogP contribution in [0.2, 0.25) is 18.1 Å². The van der Waals surface area contributed by atoms with Crippen LogP contribution in [0.5, 0.6) is 0 Å². The topological polar surface area (TPSA) is 55.4 Å². The minimum absolute atomic E-state index is 0.0363. The Kier molecular flexibility index (Phi) is 4.45. The number of rotatable bonds is 4. The molecule has 0 saturated carbocycles. The lowest BCUT2D eigenvalue weighted by Crippen LogP contribution is -2.64. The molecule has 0 aromatic carbocycles. The Labute approximate surface area is 116 Å². The van der Waals surface area contributed by atoms with E-state index in [1.165, 1.54) is 0 Å². The van der Waals surface area contributed by atoms with E-state index in [4.69, 9.17) is 4.43 Å². The first-order valence-electron chi connectivity index (χ1n) is 6.71. The van der Waals surface area contributed by atoms with E-state index in [1.807, 2.05) is 12.9 Å². The molecule has 0 aliphatic carbocycles. The summed E-state index contributed by atoms with van der Waals surface area (Å²) in [4.78, 5) is 22.4. The van der Waals surface area contributed by atoms with Crippen LogP contribution >= 0.6 is 0 Å². The molecule has 0 spiro atoms. The van der Waals surface area contributed by atoms with E-state index < -0.39 is 8.32 Å². The van der Waals surface area contributed by atoms with Crippen molar-refractivity contribution in [2.75, 3.05) is 0 Å². The molecule has 1 fully saturated rings. The molecule has 0 aromatic heterocycles. The summed E-state index contributed by atoms with van der Waals surface area (Å²) in [6.45, 7) is 14.5. The third-order valence-electron chi connectivity index (χ3n) is 4.38. The van der Waals surface area contributed by atoms with E-state index in [0.717, 1.165) is 0 Å². The second-order valence-electron chi connectivity index (χ2n) is 6.88. The Morgan fingerprint density at radius 3 is 2.32 bits per heavy atom. The lowest BCUT2D eigenvalue weighted by atomic mass is 9.82. The van der Waals surface area contributed by atoms with Crippen LogP contribution in [0.25, 0.3) is 0 Å². The van der Waals surface area contributed by atoms with Crippen LogP contribution in [0.1, 0.15) is 34.6 Å². The highest BCUT2D eigenvalue weighted by molar-refractivity contribution is 6.74. The van der Waals surface area contributed by atoms with Crippen molar-refractivity contribution >= 4 is 20.2 Å². The minimum Gasteiger partial charge on any atom is -0.413 e. The van der Waals surface area contributed by atoms with E-state index >= 15 is 0 Å². The normalized spacial score (nSPS) is 25.1. The van der Waals surface area contributed by atoms with Crippen LogP contribution in [-0.2, 0) is 14.0 Å². The van der Waals surface area contributed by atoms with Crippen molar-refractivity contribution < 1.29 is 14.0 Å². The highest BCUT2D eigenvalue weighted by Crippen LogP contribution is 2.39. The molecule has 1 heterocycles. The van der Waals surface area contributed by atoms with E-state index in [0.29, 0.717) is 5.57 Å². The molecule has 0 radical (unpaired) electrons. The summed E-state index contributed by atoms with van der Waals surface area (Å²) in [6, 6.07) is -0.218. The highest BCUT2D eigenvalue weighted by atomic mass is 28.4. The van der Waals surface area contributed by atoms with Crippen molar-refractivity contribution in [2.45, 2.75) is 64.9 Å². The van der Waals surface area contributed by atoms with Crippen molar-refractivity contribution in [3.05, 3.63) is 5.57 Å². The zero-order chi connectivity index (χ0) is 15.0. The summed E-state index contributed by atoms with van der Waals surface area (Å²) in [5.74, 6) is 1.57. The van der Waals surface area contributed by atoms with E-state index in [-0.39, 0.29) is 29.0 Å². The van der Waals surface area contributed by atoms with Crippen molar-refractivity contribution in [1.29, 1.82) is 0 Å². The van der Waals surface area contributed by atoms with E-state index in [2.05, 4.69) is 39.2 Å². The van der Waals surface area contributed by atoms with E-state index in [1.54, 1.807) is 6.92 Å². The standard InChI is InChI=1S/C14H25NO3Si/c1-9(8-16)12-11(13(17)15-12)10(2)18-19(6,7)14(3,4)5/h10-12H,1-7H3,(H,15,17)/t10-,11-,12-/m1/s1. The van der Waals surface area contributed by atoms with Gasteiger partial charge in [0.25, 0.3) is 0 Å². The predicted molar refractivity (Wildman–Crippen MR) is 78.0 cm³/mol. The maximum absolute atomic E-state index is 11.7. The summed E-state index contributed by atoms with van der Waals surface area (Å²) < 4.78 is 6.24. The Bertz CT molecular complexity index is 419. The maximum atomic E-state index is 11.7. The number of amides is 1. The van der Waals surface area contributed by atoms with Gasteiger partial charge in [0.1, 0.15) is 5.94 Å². The van der Waals surface area contributed by atoms with Gasteiger partial charge in [-0.25, -0.2) is 4.79 Å². The van der Waals surface area contributed by atoms with Crippen molar-refractivity contribution in [2.24, 2.45) is 5.92 Å². The van der Waals surface area contributed by atoms with E-state index in [9.17, 15) is 9.59 Å². The van der Waals surface area contributed by atoms with Gasteiger partial charge in [0.2, 0.25) is 5.91 Å². The molecule has 3 atom stereocenters. The number of nitrogens with one attached hydrogen (secondary N) is 1. The van der Waals surface area contributed by atoms with Gasteiger partial charge in [0, 0.05) is 5.57 Å². The molecule has 19 heavy (non-hydrogen) atoms. The van der Waals surface area contributed by atoms with Gasteiger partial charge >= 0.3 is 0 Å². The number of β-lactam (4-membered cyclic amide) rings is 1. The summed E-state index contributed by atoms with van der Waals surface area (Å²) >= 11 is 0. The number of carbonyl (C=O) groups is 1. The van der Waals surface area contributed by atoms with Crippen molar-refractivity contribution in [3.8, 4) is 0 Å². The summed E-state index contributed by atoms with van der Waals surface area (Å²) in [7, 11) is -1.91. The maximum Gasteiger partial charge on any atom is 0.228 e. The fourth-order valence-corrected chi connectivity index (χ4v) is 3.46. The molecule has 5 heteroatoms. The van der Waals surface area contributed by atoms with Gasteiger partial charge in [0.05, 0.1) is 18.1 Å². The van der Waals surface area contributed by atoms with Crippen LogP contribution in [0, 0.1) is 5.92 Å². The van der Waals surface area contributed by atoms with Gasteiger partial charge < -0.3 is 9.74 Å². The minimum atomic E-state index is -1.91. The Morgan fingerprint density at radius 2 is 1.95 bits per heavy atom. The van der Waals surface area contributed by atoms with Gasteiger partial charge in [-0.2, -0.15) is 0 Å². The third-order valence-corrected chi connectivity index (χ3v) is 8.95. The number of hydrogen-bond acceptors (Lipinski definition) is 3. The molecule has 0 unspecified atom stereocenters. The molecule has 4 nitrogen and oxygen atoms in total. The van der Waals surface area contributed by atoms with Crippen molar-refractivity contribution in [1.82, 2.24) is 5.32 Å². The van der Waals surface area contributed by atoms with Crippen LogP contribution < -0.4 is 5.32 Å². The molecule has 0 aromatic rings. The lowest BCUT2D eigenvalue weighted by molar-refractivity contribution is -0.138. The summed E-state index contributed by atoms with van der Waals surface area (Å²) in [5, 5.41) is 2.85. The highest BCUT2D eigenvalue weighted by Gasteiger charge is 2.48.